The van der Waals surface area contributed by atoms with Crippen molar-refractivity contribution in [1.82, 2.24) is 9.88 Å². The van der Waals surface area contributed by atoms with Crippen LogP contribution in [0.25, 0.3) is 0 Å². The molecule has 1 aromatic heterocycles. The molecule has 0 saturated heterocycles. The van der Waals surface area contributed by atoms with Gasteiger partial charge in [-0.05, 0) is 19.4 Å². The molecule has 0 aromatic carbocycles. The number of carbonyl (C=O) groups excluding carboxylic acids is 1. The molecule has 1 heterocycles. The number of ether oxygens (including phenoxy) is 1. The fourth-order valence-corrected chi connectivity index (χ4v) is 1.85. The molecule has 1 rings (SSSR count). The molecule has 1 aromatic rings. The summed E-state index contributed by atoms with van der Waals surface area (Å²) in [6, 6.07) is 1.64. The van der Waals surface area contributed by atoms with Gasteiger partial charge >= 0.3 is 0 Å². The van der Waals surface area contributed by atoms with Gasteiger partial charge < -0.3 is 15.0 Å². The number of pyridine rings is 1. The second kappa shape index (κ2) is 7.96. The predicted molar refractivity (Wildman–Crippen MR) is 76.9 cm³/mol. The van der Waals surface area contributed by atoms with Crippen molar-refractivity contribution in [3.63, 3.8) is 0 Å². The average Bonchev–Trinajstić information content (AvgIpc) is 2.40. The van der Waals surface area contributed by atoms with Crippen LogP contribution < -0.4 is 5.32 Å². The third-order valence-corrected chi connectivity index (χ3v) is 2.91. The molecule has 0 atom stereocenters. The number of hydrogen-bond acceptors (Lipinski definition) is 4. The van der Waals surface area contributed by atoms with Crippen molar-refractivity contribution in [1.29, 1.82) is 0 Å². The van der Waals surface area contributed by atoms with E-state index >= 15 is 0 Å². The first-order valence-corrected chi connectivity index (χ1v) is 6.61. The highest BCUT2D eigenvalue weighted by Gasteiger charge is 2.13. The molecule has 5 nitrogen and oxygen atoms in total. The normalized spacial score (nSPS) is 10.3. The van der Waals surface area contributed by atoms with Crippen molar-refractivity contribution in [2.75, 3.05) is 39.2 Å². The molecule has 6 heteroatoms. The number of nitrogens with one attached hydrogen (secondary N) is 1. The fourth-order valence-electron chi connectivity index (χ4n) is 1.62. The maximum atomic E-state index is 12.1. The largest absolute Gasteiger partial charge is 0.385 e. The molecule has 0 saturated carbocycles. The number of hydrogen-bond donors (Lipinski definition) is 1. The summed E-state index contributed by atoms with van der Waals surface area (Å²) < 4.78 is 4.96. The highest BCUT2D eigenvalue weighted by Crippen LogP contribution is 2.20. The van der Waals surface area contributed by atoms with E-state index in [0.29, 0.717) is 29.6 Å². The number of methoxy groups -OCH3 is 1. The molecule has 0 aliphatic heterocycles. The predicted octanol–water partition coefficient (Wildman–Crippen LogP) is 2.28. The molecule has 19 heavy (non-hydrogen) atoms. The van der Waals surface area contributed by atoms with Gasteiger partial charge in [0.05, 0.1) is 10.6 Å². The zero-order valence-corrected chi connectivity index (χ0v) is 12.3. The lowest BCUT2D eigenvalue weighted by molar-refractivity contribution is 0.0779. The maximum absolute atomic E-state index is 12.1. The average molecular weight is 286 g/mol. The number of rotatable bonds is 7. The Hall–Kier alpha value is -1.33. The SMILES string of the molecule is CCNc1ncc(C(=O)N(C)CCCOC)cc1Cl. The van der Waals surface area contributed by atoms with Crippen molar-refractivity contribution < 1.29 is 9.53 Å². The van der Waals surface area contributed by atoms with Crippen LogP contribution in [0.2, 0.25) is 5.02 Å². The van der Waals surface area contributed by atoms with Gasteiger partial charge in [0.25, 0.3) is 5.91 Å². The van der Waals surface area contributed by atoms with E-state index in [1.807, 2.05) is 6.92 Å². The van der Waals surface area contributed by atoms with Crippen molar-refractivity contribution in [3.8, 4) is 0 Å². The summed E-state index contributed by atoms with van der Waals surface area (Å²) in [7, 11) is 3.40. The highest BCUT2D eigenvalue weighted by atomic mass is 35.5. The summed E-state index contributed by atoms with van der Waals surface area (Å²) in [5, 5.41) is 3.49. The standard InChI is InChI=1S/C13H20ClN3O2/c1-4-15-12-11(14)8-10(9-16-12)13(18)17(2)6-5-7-19-3/h8-9H,4-7H2,1-3H3,(H,15,16). The zero-order valence-electron chi connectivity index (χ0n) is 11.6. The van der Waals surface area contributed by atoms with Crippen LogP contribution in [-0.2, 0) is 4.74 Å². The van der Waals surface area contributed by atoms with Crippen molar-refractivity contribution in [3.05, 3.63) is 22.8 Å². The third-order valence-electron chi connectivity index (χ3n) is 2.62. The summed E-state index contributed by atoms with van der Waals surface area (Å²) in [5.41, 5.74) is 0.492. The lowest BCUT2D eigenvalue weighted by Gasteiger charge is -2.17. The molecule has 0 spiro atoms. The maximum Gasteiger partial charge on any atom is 0.255 e. The van der Waals surface area contributed by atoms with E-state index in [2.05, 4.69) is 10.3 Å². The monoisotopic (exact) mass is 285 g/mol. The van der Waals surface area contributed by atoms with Gasteiger partial charge in [0.15, 0.2) is 0 Å². The zero-order chi connectivity index (χ0) is 14.3. The Bertz CT molecular complexity index is 426. The number of amides is 1. The van der Waals surface area contributed by atoms with Gasteiger partial charge in [-0.3, -0.25) is 4.79 Å². The second-order valence-electron chi connectivity index (χ2n) is 4.16. The Balaban J connectivity index is 2.68. The van der Waals surface area contributed by atoms with Crippen LogP contribution >= 0.6 is 11.6 Å². The minimum absolute atomic E-state index is 0.0893. The molecule has 0 bridgehead atoms. The summed E-state index contributed by atoms with van der Waals surface area (Å²) >= 11 is 6.07. The molecular formula is C13H20ClN3O2. The van der Waals surface area contributed by atoms with Gasteiger partial charge in [-0.2, -0.15) is 0 Å². The van der Waals surface area contributed by atoms with Crippen LogP contribution in [0.1, 0.15) is 23.7 Å². The van der Waals surface area contributed by atoms with E-state index in [4.69, 9.17) is 16.3 Å². The van der Waals surface area contributed by atoms with Crippen LogP contribution in [0, 0.1) is 0 Å². The van der Waals surface area contributed by atoms with Crippen LogP contribution in [0.15, 0.2) is 12.3 Å². The van der Waals surface area contributed by atoms with Crippen LogP contribution in [0.4, 0.5) is 5.82 Å². The number of nitrogens with zero attached hydrogens (tertiary/aromatic N) is 2. The van der Waals surface area contributed by atoms with E-state index in [1.54, 1.807) is 31.3 Å². The first-order chi connectivity index (χ1) is 9.10. The third kappa shape index (κ3) is 4.69. The number of anilines is 1. The molecule has 0 fully saturated rings. The minimum Gasteiger partial charge on any atom is -0.385 e. The fraction of sp³-hybridized carbons (Fsp3) is 0.538. The Labute approximate surface area is 118 Å². The lowest BCUT2D eigenvalue weighted by atomic mass is 10.2. The molecule has 106 valence electrons. The topological polar surface area (TPSA) is 54.5 Å². The van der Waals surface area contributed by atoms with Crippen LogP contribution in [-0.4, -0.2) is 49.6 Å². The van der Waals surface area contributed by atoms with Crippen LogP contribution in [0.5, 0.6) is 0 Å². The van der Waals surface area contributed by atoms with E-state index in [1.165, 1.54) is 0 Å². The summed E-state index contributed by atoms with van der Waals surface area (Å²) in [4.78, 5) is 17.9. The Morgan fingerprint density at radius 1 is 1.58 bits per heavy atom. The number of carbonyl (C=O) groups is 1. The van der Waals surface area contributed by atoms with E-state index in [0.717, 1.165) is 13.0 Å². The Kier molecular flexibility index (Phi) is 6.59. The number of halogens is 1. The molecule has 0 aliphatic carbocycles. The van der Waals surface area contributed by atoms with Crippen molar-refractivity contribution in [2.24, 2.45) is 0 Å². The lowest BCUT2D eigenvalue weighted by Crippen LogP contribution is -2.28. The number of aromatic nitrogens is 1. The highest BCUT2D eigenvalue weighted by molar-refractivity contribution is 6.33. The molecular weight excluding hydrogens is 266 g/mol. The molecule has 0 aliphatic rings. The van der Waals surface area contributed by atoms with Gasteiger partial charge in [-0.15, -0.1) is 0 Å². The Morgan fingerprint density at radius 2 is 2.32 bits per heavy atom. The van der Waals surface area contributed by atoms with Crippen molar-refractivity contribution in [2.45, 2.75) is 13.3 Å². The molecule has 1 N–H and O–H groups in total. The molecule has 0 radical (unpaired) electrons. The van der Waals surface area contributed by atoms with Crippen LogP contribution in [0.3, 0.4) is 0 Å². The minimum atomic E-state index is -0.0893. The van der Waals surface area contributed by atoms with Gasteiger partial charge in [-0.25, -0.2) is 4.98 Å². The summed E-state index contributed by atoms with van der Waals surface area (Å²) in [6.07, 6.45) is 2.34. The molecule has 0 unspecified atom stereocenters. The van der Waals surface area contributed by atoms with Gasteiger partial charge in [0, 0.05) is 40.1 Å². The van der Waals surface area contributed by atoms with Gasteiger partial charge in [0.2, 0.25) is 0 Å². The smallest absolute Gasteiger partial charge is 0.255 e. The van der Waals surface area contributed by atoms with Gasteiger partial charge in [-0.1, -0.05) is 11.6 Å². The van der Waals surface area contributed by atoms with E-state index < -0.39 is 0 Å². The quantitative estimate of drug-likeness (QED) is 0.781. The second-order valence-corrected chi connectivity index (χ2v) is 4.57. The molecule has 1 amide bonds. The van der Waals surface area contributed by atoms with E-state index in [-0.39, 0.29) is 5.91 Å². The summed E-state index contributed by atoms with van der Waals surface area (Å²) in [6.45, 7) is 3.97. The van der Waals surface area contributed by atoms with E-state index in [9.17, 15) is 4.79 Å². The van der Waals surface area contributed by atoms with Gasteiger partial charge in [0.1, 0.15) is 5.82 Å². The Morgan fingerprint density at radius 3 is 2.89 bits per heavy atom. The van der Waals surface area contributed by atoms with Crippen molar-refractivity contribution >= 4 is 23.3 Å². The first-order valence-electron chi connectivity index (χ1n) is 6.24. The summed E-state index contributed by atoms with van der Waals surface area (Å²) in [5.74, 6) is 0.510. The first kappa shape index (κ1) is 15.7.